The Kier molecular flexibility index (Phi) is 31.2. The summed E-state index contributed by atoms with van der Waals surface area (Å²) in [7, 11) is 0. The number of carboxylic acid groups (broad SMARTS) is 1. The zero-order chi connectivity index (χ0) is 38.9. The Hall–Kier alpha value is -1.79. The Bertz CT molecular complexity index is 900. The van der Waals surface area contributed by atoms with E-state index < -0.39 is 54.7 Å². The lowest BCUT2D eigenvalue weighted by atomic mass is 9.99. The monoisotopic (exact) mass is 759 g/mol. The van der Waals surface area contributed by atoms with Crippen LogP contribution in [0.25, 0.3) is 0 Å². The summed E-state index contributed by atoms with van der Waals surface area (Å²) >= 11 is 0. The maximum atomic E-state index is 12.7. The predicted octanol–water partition coefficient (Wildman–Crippen LogP) is 8.70. The Labute approximate surface area is 321 Å². The van der Waals surface area contributed by atoms with E-state index in [1.54, 1.807) is 0 Å². The smallest absolute Gasteiger partial charge is 0.335 e. The highest BCUT2D eigenvalue weighted by Gasteiger charge is 2.47. The van der Waals surface area contributed by atoms with Crippen LogP contribution in [0.3, 0.4) is 0 Å². The molecule has 0 bridgehead atoms. The summed E-state index contributed by atoms with van der Waals surface area (Å²) in [4.78, 5) is 36.6. The molecule has 1 fully saturated rings. The van der Waals surface area contributed by atoms with Crippen LogP contribution in [0.1, 0.15) is 200 Å². The van der Waals surface area contributed by atoms with E-state index >= 15 is 0 Å². The van der Waals surface area contributed by atoms with E-state index in [4.69, 9.17) is 18.9 Å². The van der Waals surface area contributed by atoms with Crippen LogP contribution in [-0.2, 0) is 33.3 Å². The second kappa shape index (κ2) is 33.5. The van der Waals surface area contributed by atoms with Gasteiger partial charge in [0.2, 0.25) is 0 Å². The highest BCUT2D eigenvalue weighted by Crippen LogP contribution is 2.23. The second-order valence-electron chi connectivity index (χ2n) is 15.2. The zero-order valence-corrected chi connectivity index (χ0v) is 33.5. The van der Waals surface area contributed by atoms with Crippen molar-refractivity contribution >= 4 is 17.9 Å². The third-order valence-corrected chi connectivity index (χ3v) is 10.2. The summed E-state index contributed by atoms with van der Waals surface area (Å²) in [6.07, 6.45) is 23.2. The number of carbonyl (C=O) groups excluding carboxylic acids is 2. The lowest BCUT2D eigenvalue weighted by Gasteiger charge is -2.38. The molecule has 0 aromatic rings. The fourth-order valence-electron chi connectivity index (χ4n) is 6.76. The molecular weight excluding hydrogens is 680 g/mol. The van der Waals surface area contributed by atoms with Gasteiger partial charge in [0.25, 0.3) is 0 Å². The van der Waals surface area contributed by atoms with E-state index in [-0.39, 0.29) is 26.1 Å². The molecule has 53 heavy (non-hydrogen) atoms. The minimum atomic E-state index is -1.85. The number of aliphatic carboxylic acids is 1. The summed E-state index contributed by atoms with van der Waals surface area (Å²) in [5.74, 6) is -2.43. The molecule has 11 nitrogen and oxygen atoms in total. The Balaban J connectivity index is 2.32. The van der Waals surface area contributed by atoms with Crippen molar-refractivity contribution in [3.63, 3.8) is 0 Å². The number of unbranched alkanes of at least 4 members (excludes halogenated alkanes) is 25. The maximum absolute atomic E-state index is 12.7. The molecule has 0 radical (unpaired) electrons. The third-order valence-electron chi connectivity index (χ3n) is 10.2. The van der Waals surface area contributed by atoms with Gasteiger partial charge < -0.3 is 39.4 Å². The summed E-state index contributed by atoms with van der Waals surface area (Å²) < 4.78 is 21.7. The van der Waals surface area contributed by atoms with Crippen LogP contribution in [0, 0.1) is 0 Å². The van der Waals surface area contributed by atoms with E-state index in [1.807, 2.05) is 0 Å². The topological polar surface area (TPSA) is 169 Å². The van der Waals surface area contributed by atoms with Gasteiger partial charge in [-0.2, -0.15) is 0 Å². The fraction of sp³-hybridized carbons (Fsp3) is 0.929. The number of rotatable bonds is 36. The zero-order valence-electron chi connectivity index (χ0n) is 33.5. The molecule has 4 N–H and O–H groups in total. The Morgan fingerprint density at radius 2 is 0.887 bits per heavy atom. The molecule has 1 aliphatic heterocycles. The van der Waals surface area contributed by atoms with Crippen LogP contribution in [0.5, 0.6) is 0 Å². The average molecular weight is 759 g/mol. The number of esters is 2. The Morgan fingerprint density at radius 3 is 1.28 bits per heavy atom. The molecule has 0 aromatic carbocycles. The number of hydrogen-bond acceptors (Lipinski definition) is 10. The molecule has 0 spiro atoms. The molecule has 11 heteroatoms. The van der Waals surface area contributed by atoms with Gasteiger partial charge in [-0.3, -0.25) is 9.59 Å². The van der Waals surface area contributed by atoms with Crippen molar-refractivity contribution in [1.82, 2.24) is 0 Å². The van der Waals surface area contributed by atoms with E-state index in [9.17, 15) is 34.8 Å². The number of aliphatic hydroxyl groups is 3. The molecule has 1 saturated heterocycles. The summed E-state index contributed by atoms with van der Waals surface area (Å²) in [5, 5.41) is 39.7. The van der Waals surface area contributed by atoms with Crippen LogP contribution >= 0.6 is 0 Å². The van der Waals surface area contributed by atoms with Crippen molar-refractivity contribution in [2.45, 2.75) is 237 Å². The molecule has 0 saturated carbocycles. The first kappa shape index (κ1) is 49.2. The van der Waals surface area contributed by atoms with E-state index in [2.05, 4.69) is 13.8 Å². The number of carboxylic acids is 1. The molecule has 0 aromatic heterocycles. The molecule has 6 atom stereocenters. The highest BCUT2D eigenvalue weighted by molar-refractivity contribution is 5.73. The van der Waals surface area contributed by atoms with Crippen LogP contribution in [0.4, 0.5) is 0 Å². The number of ether oxygens (including phenoxy) is 4. The van der Waals surface area contributed by atoms with Crippen molar-refractivity contribution in [1.29, 1.82) is 0 Å². The molecule has 1 aliphatic rings. The lowest BCUT2D eigenvalue weighted by Crippen LogP contribution is -2.60. The molecule has 0 aliphatic carbocycles. The van der Waals surface area contributed by atoms with Gasteiger partial charge in [-0.05, 0) is 12.8 Å². The van der Waals surface area contributed by atoms with Gasteiger partial charge in [-0.25, -0.2) is 4.79 Å². The van der Waals surface area contributed by atoms with E-state index in [1.165, 1.54) is 122 Å². The van der Waals surface area contributed by atoms with Gasteiger partial charge in [0.15, 0.2) is 18.5 Å². The molecule has 6 unspecified atom stereocenters. The van der Waals surface area contributed by atoms with Gasteiger partial charge in [-0.1, -0.05) is 174 Å². The second-order valence-corrected chi connectivity index (χ2v) is 15.2. The molecule has 312 valence electrons. The van der Waals surface area contributed by atoms with Crippen LogP contribution in [0.2, 0.25) is 0 Å². The lowest BCUT2D eigenvalue weighted by molar-refractivity contribution is -0.298. The minimum Gasteiger partial charge on any atom is -0.479 e. The first-order valence-electron chi connectivity index (χ1n) is 21.6. The molecule has 1 heterocycles. The molecule has 1 rings (SSSR count). The fourth-order valence-corrected chi connectivity index (χ4v) is 6.76. The number of aliphatic hydroxyl groups excluding tert-OH is 3. The SMILES string of the molecule is CCCCCCCCCCCCCCCCCCCCC(=O)OCC(COC1OC(C(=O)O)C(O)C(O)C1O)OC(=O)CCCCCCCCCCC. The largest absolute Gasteiger partial charge is 0.479 e. The Morgan fingerprint density at radius 1 is 0.509 bits per heavy atom. The van der Waals surface area contributed by atoms with Gasteiger partial charge in [0, 0.05) is 12.8 Å². The van der Waals surface area contributed by atoms with Crippen LogP contribution in [0.15, 0.2) is 0 Å². The van der Waals surface area contributed by atoms with E-state index in [0.29, 0.717) is 12.8 Å². The van der Waals surface area contributed by atoms with E-state index in [0.717, 1.165) is 38.5 Å². The third kappa shape index (κ3) is 25.8. The summed E-state index contributed by atoms with van der Waals surface area (Å²) in [5.41, 5.74) is 0. The van der Waals surface area contributed by atoms with Gasteiger partial charge in [0.05, 0.1) is 6.61 Å². The van der Waals surface area contributed by atoms with Crippen molar-refractivity contribution in [3.8, 4) is 0 Å². The predicted molar refractivity (Wildman–Crippen MR) is 206 cm³/mol. The molecular formula is C42H78O11. The summed E-state index contributed by atoms with van der Waals surface area (Å²) in [6, 6.07) is 0. The average Bonchev–Trinajstić information content (AvgIpc) is 3.14. The molecule has 0 amide bonds. The number of carbonyl (C=O) groups is 3. The number of hydrogen-bond donors (Lipinski definition) is 4. The quantitative estimate of drug-likeness (QED) is 0.0356. The van der Waals surface area contributed by atoms with Crippen molar-refractivity contribution in [2.24, 2.45) is 0 Å². The van der Waals surface area contributed by atoms with Crippen LogP contribution in [-0.4, -0.2) is 88.4 Å². The highest BCUT2D eigenvalue weighted by atomic mass is 16.7. The first-order chi connectivity index (χ1) is 25.7. The van der Waals surface area contributed by atoms with Gasteiger partial charge in [-0.15, -0.1) is 0 Å². The summed E-state index contributed by atoms with van der Waals surface area (Å²) in [6.45, 7) is 3.80. The van der Waals surface area contributed by atoms with Crippen LogP contribution < -0.4 is 0 Å². The van der Waals surface area contributed by atoms with Crippen molar-refractivity contribution in [2.75, 3.05) is 13.2 Å². The minimum absolute atomic E-state index is 0.189. The van der Waals surface area contributed by atoms with Gasteiger partial charge >= 0.3 is 17.9 Å². The maximum Gasteiger partial charge on any atom is 0.335 e. The van der Waals surface area contributed by atoms with Gasteiger partial charge in [0.1, 0.15) is 24.9 Å². The first-order valence-corrected chi connectivity index (χ1v) is 21.6. The standard InChI is InChI=1S/C42H78O11/c1-3-5-7-9-11-13-14-15-16-17-18-19-20-21-23-24-26-28-30-35(43)50-32-34(52-36(44)31-29-27-25-22-12-10-8-6-4-2)33-51-42-39(47)37(45)38(46)40(53-42)41(48)49/h34,37-40,42,45-47H,3-33H2,1-2H3,(H,48,49). The van der Waals surface area contributed by atoms with Crippen molar-refractivity contribution < 1.29 is 53.8 Å². The van der Waals surface area contributed by atoms with Crippen molar-refractivity contribution in [3.05, 3.63) is 0 Å². The normalized spacial score (nSPS) is 20.7.